The van der Waals surface area contributed by atoms with Gasteiger partial charge in [0.2, 0.25) is 5.91 Å². The highest BCUT2D eigenvalue weighted by Gasteiger charge is 2.31. The Hall–Kier alpha value is -1.59. The van der Waals surface area contributed by atoms with E-state index >= 15 is 0 Å². The van der Waals surface area contributed by atoms with Gasteiger partial charge in [-0.3, -0.25) is 9.69 Å². The number of carbonyl (C=O) groups excluding carboxylic acids is 1. The lowest BCUT2D eigenvalue weighted by Crippen LogP contribution is -2.38. The molecule has 0 aliphatic heterocycles. The molecule has 2 heterocycles. The highest BCUT2D eigenvalue weighted by molar-refractivity contribution is 7.09. The van der Waals surface area contributed by atoms with E-state index in [1.165, 1.54) is 17.7 Å². The molecular weight excluding hydrogens is 284 g/mol. The Morgan fingerprint density at radius 1 is 1.33 bits per heavy atom. The Bertz CT molecular complexity index is 561. The number of furan rings is 1. The summed E-state index contributed by atoms with van der Waals surface area (Å²) >= 11 is 1.75. The molecule has 1 saturated carbocycles. The first-order valence-electron chi connectivity index (χ1n) is 7.25. The molecule has 0 bridgehead atoms. The van der Waals surface area contributed by atoms with Crippen LogP contribution in [-0.2, 0) is 17.9 Å². The number of amides is 1. The monoisotopic (exact) mass is 304 g/mol. The van der Waals surface area contributed by atoms with Crippen LogP contribution in [0.1, 0.15) is 23.5 Å². The van der Waals surface area contributed by atoms with E-state index in [1.54, 1.807) is 22.5 Å². The van der Waals surface area contributed by atoms with Crippen molar-refractivity contribution in [3.8, 4) is 0 Å². The van der Waals surface area contributed by atoms with Gasteiger partial charge in [0, 0.05) is 24.5 Å². The maximum atomic E-state index is 12.4. The largest absolute Gasteiger partial charge is 0.467 e. The molecule has 0 radical (unpaired) electrons. The van der Waals surface area contributed by atoms with Crippen molar-refractivity contribution in [3.05, 3.63) is 46.5 Å². The molecule has 4 nitrogen and oxygen atoms in total. The number of hydrogen-bond donors (Lipinski definition) is 0. The highest BCUT2D eigenvalue weighted by Crippen LogP contribution is 2.29. The van der Waals surface area contributed by atoms with Crippen molar-refractivity contribution in [1.82, 2.24) is 9.80 Å². The summed E-state index contributed by atoms with van der Waals surface area (Å²) in [5.74, 6) is 0.969. The van der Waals surface area contributed by atoms with E-state index in [2.05, 4.69) is 22.4 Å². The minimum atomic E-state index is 0.148. The average Bonchev–Trinajstić information content (AvgIpc) is 2.96. The molecule has 2 aromatic heterocycles. The van der Waals surface area contributed by atoms with Crippen molar-refractivity contribution < 1.29 is 9.21 Å². The van der Waals surface area contributed by atoms with Crippen molar-refractivity contribution in [2.45, 2.75) is 32.0 Å². The zero-order valence-corrected chi connectivity index (χ0v) is 13.0. The van der Waals surface area contributed by atoms with Gasteiger partial charge in [0.05, 0.1) is 19.4 Å². The van der Waals surface area contributed by atoms with Crippen molar-refractivity contribution in [1.29, 1.82) is 0 Å². The van der Waals surface area contributed by atoms with Crippen molar-refractivity contribution in [3.63, 3.8) is 0 Å². The smallest absolute Gasteiger partial charge is 0.236 e. The minimum absolute atomic E-state index is 0.148. The van der Waals surface area contributed by atoms with Crippen LogP contribution in [0.5, 0.6) is 0 Å². The second-order valence-electron chi connectivity index (χ2n) is 5.54. The molecule has 0 unspecified atom stereocenters. The van der Waals surface area contributed by atoms with Gasteiger partial charge in [-0.05, 0) is 36.4 Å². The molecular formula is C16H20N2O2S. The summed E-state index contributed by atoms with van der Waals surface area (Å²) < 4.78 is 5.30. The molecule has 112 valence electrons. The van der Waals surface area contributed by atoms with Gasteiger partial charge in [-0.25, -0.2) is 0 Å². The predicted molar refractivity (Wildman–Crippen MR) is 82.9 cm³/mol. The SMILES string of the molecule is CN(Cc1ccco1)C(=O)CN(Cc1cccs1)C1CC1. The summed E-state index contributed by atoms with van der Waals surface area (Å²) in [6.07, 6.45) is 4.06. The molecule has 0 spiro atoms. The zero-order chi connectivity index (χ0) is 14.7. The molecule has 0 aromatic carbocycles. The van der Waals surface area contributed by atoms with Crippen molar-refractivity contribution in [2.24, 2.45) is 0 Å². The lowest BCUT2D eigenvalue weighted by Gasteiger charge is -2.24. The van der Waals surface area contributed by atoms with Gasteiger partial charge in [0.25, 0.3) is 0 Å². The van der Waals surface area contributed by atoms with Gasteiger partial charge in [-0.2, -0.15) is 0 Å². The Morgan fingerprint density at radius 3 is 2.81 bits per heavy atom. The fourth-order valence-corrected chi connectivity index (χ4v) is 3.10. The Balaban J connectivity index is 1.56. The van der Waals surface area contributed by atoms with Crippen LogP contribution < -0.4 is 0 Å². The first kappa shape index (κ1) is 14.4. The van der Waals surface area contributed by atoms with Crippen LogP contribution in [0, 0.1) is 0 Å². The van der Waals surface area contributed by atoms with Gasteiger partial charge < -0.3 is 9.32 Å². The summed E-state index contributed by atoms with van der Waals surface area (Å²) in [6.45, 7) is 1.89. The second kappa shape index (κ2) is 6.45. The molecule has 0 saturated heterocycles. The second-order valence-corrected chi connectivity index (χ2v) is 6.58. The number of hydrogen-bond acceptors (Lipinski definition) is 4. The third kappa shape index (κ3) is 3.95. The molecule has 0 N–H and O–H groups in total. The number of thiophene rings is 1. The lowest BCUT2D eigenvalue weighted by molar-refractivity contribution is -0.132. The molecule has 1 amide bonds. The fraction of sp³-hybridized carbons (Fsp3) is 0.438. The van der Waals surface area contributed by atoms with Crippen LogP contribution in [0.3, 0.4) is 0 Å². The van der Waals surface area contributed by atoms with Crippen LogP contribution in [0.2, 0.25) is 0 Å². The molecule has 21 heavy (non-hydrogen) atoms. The Kier molecular flexibility index (Phi) is 4.41. The van der Waals surface area contributed by atoms with E-state index in [9.17, 15) is 4.79 Å². The first-order chi connectivity index (χ1) is 10.2. The molecule has 1 aliphatic rings. The van der Waals surface area contributed by atoms with E-state index in [1.807, 2.05) is 19.2 Å². The van der Waals surface area contributed by atoms with Gasteiger partial charge in [-0.1, -0.05) is 6.07 Å². The number of likely N-dealkylation sites (N-methyl/N-ethyl adjacent to an activating group) is 1. The fourth-order valence-electron chi connectivity index (χ4n) is 2.38. The summed E-state index contributed by atoms with van der Waals surface area (Å²) in [7, 11) is 1.83. The van der Waals surface area contributed by atoms with Gasteiger partial charge in [-0.15, -0.1) is 11.3 Å². The van der Waals surface area contributed by atoms with E-state index in [0.717, 1.165) is 12.3 Å². The summed E-state index contributed by atoms with van der Waals surface area (Å²) in [5.41, 5.74) is 0. The zero-order valence-electron chi connectivity index (χ0n) is 12.2. The molecule has 1 fully saturated rings. The van der Waals surface area contributed by atoms with Crippen LogP contribution >= 0.6 is 11.3 Å². The highest BCUT2D eigenvalue weighted by atomic mass is 32.1. The molecule has 0 atom stereocenters. The van der Waals surface area contributed by atoms with E-state index in [4.69, 9.17) is 4.42 Å². The maximum Gasteiger partial charge on any atom is 0.236 e. The third-order valence-electron chi connectivity index (χ3n) is 3.74. The van der Waals surface area contributed by atoms with Crippen molar-refractivity contribution >= 4 is 17.2 Å². The standard InChI is InChI=1S/C16H20N2O2S/c1-17(10-14-4-2-8-20-14)16(19)12-18(13-6-7-13)11-15-5-3-9-21-15/h2-5,8-9,13H,6-7,10-12H2,1H3. The average molecular weight is 304 g/mol. The van der Waals surface area contributed by atoms with Crippen LogP contribution in [0.15, 0.2) is 40.3 Å². The van der Waals surface area contributed by atoms with Crippen LogP contribution in [-0.4, -0.2) is 35.3 Å². The van der Waals surface area contributed by atoms with Crippen LogP contribution in [0.4, 0.5) is 0 Å². The Morgan fingerprint density at radius 2 is 2.19 bits per heavy atom. The summed E-state index contributed by atoms with van der Waals surface area (Å²) in [4.78, 5) is 17.7. The summed E-state index contributed by atoms with van der Waals surface area (Å²) in [6, 6.07) is 8.52. The van der Waals surface area contributed by atoms with Gasteiger partial charge in [0.15, 0.2) is 0 Å². The van der Waals surface area contributed by atoms with E-state index < -0.39 is 0 Å². The molecule has 2 aromatic rings. The molecule has 5 heteroatoms. The van der Waals surface area contributed by atoms with Gasteiger partial charge >= 0.3 is 0 Å². The maximum absolute atomic E-state index is 12.4. The quantitative estimate of drug-likeness (QED) is 0.789. The lowest BCUT2D eigenvalue weighted by atomic mass is 10.3. The van der Waals surface area contributed by atoms with Crippen molar-refractivity contribution in [2.75, 3.05) is 13.6 Å². The number of nitrogens with zero attached hydrogens (tertiary/aromatic N) is 2. The van der Waals surface area contributed by atoms with Gasteiger partial charge in [0.1, 0.15) is 5.76 Å². The van der Waals surface area contributed by atoms with E-state index in [0.29, 0.717) is 19.1 Å². The van der Waals surface area contributed by atoms with E-state index in [-0.39, 0.29) is 5.91 Å². The number of rotatable bonds is 7. The predicted octanol–water partition coefficient (Wildman–Crippen LogP) is 2.96. The summed E-state index contributed by atoms with van der Waals surface area (Å²) in [5, 5.41) is 2.09. The molecule has 1 aliphatic carbocycles. The van der Waals surface area contributed by atoms with Crippen LogP contribution in [0.25, 0.3) is 0 Å². The molecule has 3 rings (SSSR count). The first-order valence-corrected chi connectivity index (χ1v) is 8.13. The Labute approximate surface area is 129 Å². The third-order valence-corrected chi connectivity index (χ3v) is 4.60. The normalized spacial score (nSPS) is 14.6. The topological polar surface area (TPSA) is 36.7 Å². The number of carbonyl (C=O) groups is 1. The minimum Gasteiger partial charge on any atom is -0.467 e.